The number of methoxy groups -OCH3 is 2. The predicted molar refractivity (Wildman–Crippen MR) is 105 cm³/mol. The quantitative estimate of drug-likeness (QED) is 0.752. The zero-order valence-corrected chi connectivity index (χ0v) is 16.8. The van der Waals surface area contributed by atoms with Gasteiger partial charge in [0.2, 0.25) is 0 Å². The van der Waals surface area contributed by atoms with Crippen molar-refractivity contribution in [2.45, 2.75) is 44.0 Å². The van der Waals surface area contributed by atoms with E-state index in [9.17, 15) is 4.21 Å². The summed E-state index contributed by atoms with van der Waals surface area (Å²) >= 11 is 0. The van der Waals surface area contributed by atoms with Crippen LogP contribution in [0.25, 0.3) is 0 Å². The Kier molecular flexibility index (Phi) is 5.99. The first kappa shape index (κ1) is 18.9. The van der Waals surface area contributed by atoms with Crippen molar-refractivity contribution in [2.75, 3.05) is 20.8 Å². The van der Waals surface area contributed by atoms with E-state index in [0.29, 0.717) is 0 Å². The van der Waals surface area contributed by atoms with Gasteiger partial charge in [0.25, 0.3) is 0 Å². The number of nitrogens with zero attached hydrogens (tertiary/aromatic N) is 1. The lowest BCUT2D eigenvalue weighted by Crippen LogP contribution is -2.37. The molecule has 2 atom stereocenters. The van der Waals surface area contributed by atoms with Crippen molar-refractivity contribution in [3.63, 3.8) is 0 Å². The van der Waals surface area contributed by atoms with Crippen LogP contribution in [0.2, 0.25) is 0 Å². The summed E-state index contributed by atoms with van der Waals surface area (Å²) < 4.78 is 26.3. The molecule has 0 N–H and O–H groups in total. The Hall–Kier alpha value is -1.85. The molecule has 26 heavy (non-hydrogen) atoms. The molecule has 0 spiro atoms. The molecule has 0 radical (unpaired) electrons. The van der Waals surface area contributed by atoms with Gasteiger partial charge in [0, 0.05) is 12.6 Å². The summed E-state index contributed by atoms with van der Waals surface area (Å²) in [5.74, 6) is 1.49. The monoisotopic (exact) mass is 373 g/mol. The molecule has 5 heteroatoms. The van der Waals surface area contributed by atoms with Crippen molar-refractivity contribution >= 4 is 11.0 Å². The van der Waals surface area contributed by atoms with E-state index in [0.717, 1.165) is 42.2 Å². The topological polar surface area (TPSA) is 38.8 Å². The van der Waals surface area contributed by atoms with Gasteiger partial charge in [-0.05, 0) is 55.2 Å². The zero-order chi connectivity index (χ0) is 18.7. The third-order valence-electron chi connectivity index (χ3n) is 4.95. The summed E-state index contributed by atoms with van der Waals surface area (Å²) in [6, 6.07) is 12.2. The summed E-state index contributed by atoms with van der Waals surface area (Å²) in [5.41, 5.74) is 3.64. The van der Waals surface area contributed by atoms with Gasteiger partial charge >= 0.3 is 0 Å². The van der Waals surface area contributed by atoms with E-state index >= 15 is 0 Å². The minimum atomic E-state index is -1.17. The molecule has 1 heterocycles. The van der Waals surface area contributed by atoms with E-state index in [1.807, 2.05) is 31.2 Å². The van der Waals surface area contributed by atoms with Gasteiger partial charge in [-0.15, -0.1) is 0 Å². The van der Waals surface area contributed by atoms with Crippen LogP contribution in [-0.2, 0) is 17.4 Å². The fraction of sp³-hybridized carbons (Fsp3) is 0.429. The molecule has 2 aromatic rings. The van der Waals surface area contributed by atoms with Crippen LogP contribution in [0.5, 0.6) is 11.5 Å². The Morgan fingerprint density at radius 3 is 2.38 bits per heavy atom. The molecule has 0 aliphatic carbocycles. The maximum absolute atomic E-state index is 13.3. The Morgan fingerprint density at radius 2 is 1.77 bits per heavy atom. The van der Waals surface area contributed by atoms with Gasteiger partial charge in [0.1, 0.15) is 11.0 Å². The molecule has 0 aromatic heterocycles. The van der Waals surface area contributed by atoms with Crippen LogP contribution in [-0.4, -0.2) is 29.3 Å². The van der Waals surface area contributed by atoms with Crippen molar-refractivity contribution < 1.29 is 13.7 Å². The average molecular weight is 374 g/mol. The second kappa shape index (κ2) is 8.23. The van der Waals surface area contributed by atoms with E-state index in [1.54, 1.807) is 14.2 Å². The van der Waals surface area contributed by atoms with Crippen LogP contribution in [0.1, 0.15) is 42.5 Å². The largest absolute Gasteiger partial charge is 0.493 e. The van der Waals surface area contributed by atoms with E-state index < -0.39 is 11.0 Å². The predicted octanol–water partition coefficient (Wildman–Crippen LogP) is 4.43. The average Bonchev–Trinajstić information content (AvgIpc) is 2.67. The van der Waals surface area contributed by atoms with Gasteiger partial charge in [-0.1, -0.05) is 31.0 Å². The number of benzene rings is 2. The molecular formula is C21H27NO3S. The van der Waals surface area contributed by atoms with Crippen LogP contribution in [0, 0.1) is 6.92 Å². The van der Waals surface area contributed by atoms with Crippen molar-refractivity contribution in [2.24, 2.45) is 0 Å². The molecular weight excluding hydrogens is 346 g/mol. The van der Waals surface area contributed by atoms with Gasteiger partial charge in [-0.3, -0.25) is 0 Å². The number of fused-ring (bicyclic) bond motifs is 1. The van der Waals surface area contributed by atoms with E-state index in [1.165, 1.54) is 16.7 Å². The first-order valence-electron chi connectivity index (χ1n) is 9.09. The van der Waals surface area contributed by atoms with Crippen LogP contribution < -0.4 is 9.47 Å². The number of hydrogen-bond acceptors (Lipinski definition) is 3. The molecule has 1 aliphatic heterocycles. The van der Waals surface area contributed by atoms with Crippen molar-refractivity contribution in [3.8, 4) is 11.5 Å². The first-order valence-corrected chi connectivity index (χ1v) is 10.2. The van der Waals surface area contributed by atoms with Crippen molar-refractivity contribution in [1.29, 1.82) is 0 Å². The molecule has 0 saturated carbocycles. The van der Waals surface area contributed by atoms with Crippen LogP contribution in [0.15, 0.2) is 41.3 Å². The minimum absolute atomic E-state index is 0.116. The molecule has 2 aromatic carbocycles. The summed E-state index contributed by atoms with van der Waals surface area (Å²) in [7, 11) is 2.15. The lowest BCUT2D eigenvalue weighted by Gasteiger charge is -2.36. The Balaban J connectivity index is 1.99. The van der Waals surface area contributed by atoms with Gasteiger partial charge in [-0.2, -0.15) is 0 Å². The number of hydrogen-bond donors (Lipinski definition) is 0. The van der Waals surface area contributed by atoms with Gasteiger partial charge < -0.3 is 9.47 Å². The van der Waals surface area contributed by atoms with Gasteiger partial charge in [0.15, 0.2) is 11.5 Å². The summed E-state index contributed by atoms with van der Waals surface area (Å²) in [5, 5.41) is 0. The summed E-state index contributed by atoms with van der Waals surface area (Å²) in [6.45, 7) is 4.99. The third-order valence-corrected chi connectivity index (χ3v) is 6.49. The zero-order valence-electron chi connectivity index (χ0n) is 16.0. The van der Waals surface area contributed by atoms with Crippen molar-refractivity contribution in [1.82, 2.24) is 4.31 Å². The number of rotatable bonds is 6. The molecule has 140 valence electrons. The number of aryl methyl sites for hydroxylation is 1. The molecule has 1 aliphatic rings. The first-order chi connectivity index (χ1) is 12.6. The Labute approximate surface area is 158 Å². The standard InChI is InChI=1S/C21H27NO3S/c1-5-6-19-18-14-21(25-4)20(24-3)13-16(18)11-12-22(19)26(23)17-9-7-15(2)8-10-17/h7-10,13-14,19H,5-6,11-12H2,1-4H3/t19-,26-/m1/s1. The highest BCUT2D eigenvalue weighted by molar-refractivity contribution is 7.82. The van der Waals surface area contributed by atoms with E-state index in [4.69, 9.17) is 9.47 Å². The maximum Gasteiger partial charge on any atom is 0.161 e. The number of ether oxygens (including phenoxy) is 2. The van der Waals surface area contributed by atoms with Crippen LogP contribution in [0.3, 0.4) is 0 Å². The Bertz CT molecular complexity index is 789. The molecule has 0 unspecified atom stereocenters. The highest BCUT2D eigenvalue weighted by atomic mass is 32.2. The smallest absolute Gasteiger partial charge is 0.161 e. The van der Waals surface area contributed by atoms with E-state index in [2.05, 4.69) is 23.4 Å². The van der Waals surface area contributed by atoms with Crippen LogP contribution >= 0.6 is 0 Å². The maximum atomic E-state index is 13.3. The summed E-state index contributed by atoms with van der Waals surface area (Å²) in [6.07, 6.45) is 2.84. The third kappa shape index (κ3) is 3.64. The molecule has 0 bridgehead atoms. The van der Waals surface area contributed by atoms with Gasteiger partial charge in [-0.25, -0.2) is 8.51 Å². The normalized spacial score (nSPS) is 18.2. The fourth-order valence-corrected chi connectivity index (χ4v) is 4.91. The lowest BCUT2D eigenvalue weighted by molar-refractivity contribution is 0.302. The molecule has 0 saturated heterocycles. The molecule has 0 amide bonds. The minimum Gasteiger partial charge on any atom is -0.493 e. The SMILES string of the molecule is CCC[C@@H]1c2cc(OC)c(OC)cc2CCN1[S@](=O)c1ccc(C)cc1. The van der Waals surface area contributed by atoms with Gasteiger partial charge in [0.05, 0.1) is 19.1 Å². The Morgan fingerprint density at radius 1 is 1.12 bits per heavy atom. The molecule has 3 rings (SSSR count). The second-order valence-electron chi connectivity index (χ2n) is 6.66. The highest BCUT2D eigenvalue weighted by Gasteiger charge is 2.32. The molecule has 0 fully saturated rings. The van der Waals surface area contributed by atoms with Crippen LogP contribution in [0.4, 0.5) is 0 Å². The summed E-state index contributed by atoms with van der Waals surface area (Å²) in [4.78, 5) is 0.862. The second-order valence-corrected chi connectivity index (χ2v) is 8.10. The highest BCUT2D eigenvalue weighted by Crippen LogP contribution is 2.41. The lowest BCUT2D eigenvalue weighted by atomic mass is 9.91. The fourth-order valence-electron chi connectivity index (χ4n) is 3.57. The molecule has 4 nitrogen and oxygen atoms in total. The van der Waals surface area contributed by atoms with E-state index in [-0.39, 0.29) is 6.04 Å². The van der Waals surface area contributed by atoms with Crippen molar-refractivity contribution in [3.05, 3.63) is 53.1 Å².